The lowest BCUT2D eigenvalue weighted by Gasteiger charge is -2.31. The smallest absolute Gasteiger partial charge is 0.408 e. The third-order valence-electron chi connectivity index (χ3n) is 7.98. The fourth-order valence-corrected chi connectivity index (χ4v) is 5.49. The van der Waals surface area contributed by atoms with Gasteiger partial charge in [-0.15, -0.1) is 0 Å². The summed E-state index contributed by atoms with van der Waals surface area (Å²) in [7, 11) is 0. The first-order chi connectivity index (χ1) is 22.6. The fraction of sp³-hybridized carbons (Fsp3) is 0.343. The second-order valence-corrected chi connectivity index (χ2v) is 11.5. The molecule has 0 saturated carbocycles. The molecule has 5 amide bonds. The van der Waals surface area contributed by atoms with Crippen molar-refractivity contribution in [3.8, 4) is 0 Å². The van der Waals surface area contributed by atoms with Gasteiger partial charge < -0.3 is 36.4 Å². The highest BCUT2D eigenvalue weighted by Crippen LogP contribution is 2.22. The molecule has 3 aromatic rings. The van der Waals surface area contributed by atoms with E-state index in [-0.39, 0.29) is 31.5 Å². The third kappa shape index (κ3) is 10.1. The van der Waals surface area contributed by atoms with Gasteiger partial charge in [-0.05, 0) is 42.9 Å². The molecule has 1 saturated heterocycles. The summed E-state index contributed by atoms with van der Waals surface area (Å²) in [5.41, 5.74) is 7.70. The molecule has 6 N–H and O–H groups in total. The third-order valence-corrected chi connectivity index (χ3v) is 7.98. The van der Waals surface area contributed by atoms with E-state index in [0.29, 0.717) is 24.0 Å². The van der Waals surface area contributed by atoms with Crippen molar-refractivity contribution in [2.24, 2.45) is 5.73 Å². The molecule has 1 fully saturated rings. The average Bonchev–Trinajstić information content (AvgIpc) is 3.57. The molecule has 0 aliphatic carbocycles. The van der Waals surface area contributed by atoms with Crippen molar-refractivity contribution >= 4 is 29.7 Å². The Morgan fingerprint density at radius 1 is 0.872 bits per heavy atom. The lowest BCUT2D eigenvalue weighted by molar-refractivity contribution is -0.147. The minimum atomic E-state index is -1.75. The highest BCUT2D eigenvalue weighted by molar-refractivity contribution is 5.93. The number of hydrogen-bond acceptors (Lipinski definition) is 7. The number of hydrogen-bond donors (Lipinski definition) is 5. The molecule has 47 heavy (non-hydrogen) atoms. The van der Waals surface area contributed by atoms with Gasteiger partial charge in [0.1, 0.15) is 18.7 Å². The van der Waals surface area contributed by atoms with E-state index in [1.165, 1.54) is 4.90 Å². The second kappa shape index (κ2) is 16.9. The summed E-state index contributed by atoms with van der Waals surface area (Å²) in [5, 5.41) is 19.4. The number of rotatable bonds is 14. The minimum Gasteiger partial charge on any atom is -0.445 e. The number of nitrogens with one attached hydrogen (secondary N) is 3. The van der Waals surface area contributed by atoms with Crippen LogP contribution < -0.4 is 21.7 Å². The lowest BCUT2D eigenvalue weighted by atomic mass is 9.99. The number of carbonyl (C=O) groups excluding carboxylic acids is 5. The minimum absolute atomic E-state index is 0.0387. The number of primary amides is 1. The molecule has 5 atom stereocenters. The lowest BCUT2D eigenvalue weighted by Crippen LogP contribution is -2.58. The summed E-state index contributed by atoms with van der Waals surface area (Å²) in [4.78, 5) is 66.3. The van der Waals surface area contributed by atoms with Gasteiger partial charge in [0.05, 0.1) is 18.5 Å². The first-order valence-electron chi connectivity index (χ1n) is 15.6. The van der Waals surface area contributed by atoms with Crippen LogP contribution >= 0.6 is 0 Å². The number of nitrogens with zero attached hydrogens (tertiary/aromatic N) is 1. The SMILES string of the molecule is CC(NC(=O)C1CCCN1C(=O)C(O)C(Cc1ccccc1)NC(=O)C(CC(N)=O)NC(=O)OCc1ccccc1)c1ccccc1. The van der Waals surface area contributed by atoms with Gasteiger partial charge in [-0.3, -0.25) is 19.2 Å². The molecule has 12 heteroatoms. The molecule has 0 spiro atoms. The topological polar surface area (TPSA) is 180 Å². The molecule has 1 heterocycles. The van der Waals surface area contributed by atoms with E-state index in [4.69, 9.17) is 10.5 Å². The number of ether oxygens (including phenoxy) is 1. The van der Waals surface area contributed by atoms with Gasteiger partial charge in [0.25, 0.3) is 5.91 Å². The predicted octanol–water partition coefficient (Wildman–Crippen LogP) is 2.11. The maximum Gasteiger partial charge on any atom is 0.408 e. The highest BCUT2D eigenvalue weighted by Gasteiger charge is 2.40. The summed E-state index contributed by atoms with van der Waals surface area (Å²) < 4.78 is 5.20. The van der Waals surface area contributed by atoms with Crippen LogP contribution in [0.4, 0.5) is 4.79 Å². The highest BCUT2D eigenvalue weighted by atomic mass is 16.5. The normalized spacial score (nSPS) is 16.6. The van der Waals surface area contributed by atoms with Gasteiger partial charge in [-0.2, -0.15) is 0 Å². The van der Waals surface area contributed by atoms with Crippen LogP contribution in [-0.4, -0.2) is 70.5 Å². The molecule has 0 radical (unpaired) electrons. The van der Waals surface area contributed by atoms with Crippen molar-refractivity contribution in [2.45, 2.75) is 69.5 Å². The Hall–Kier alpha value is -5.23. The molecule has 0 aromatic heterocycles. The molecular formula is C35H41N5O7. The molecular weight excluding hydrogens is 602 g/mol. The Morgan fingerprint density at radius 3 is 2.09 bits per heavy atom. The molecule has 248 valence electrons. The van der Waals surface area contributed by atoms with E-state index in [1.807, 2.05) is 43.3 Å². The van der Waals surface area contributed by atoms with Crippen molar-refractivity contribution in [3.05, 3.63) is 108 Å². The van der Waals surface area contributed by atoms with Gasteiger partial charge in [-0.1, -0.05) is 91.0 Å². The molecule has 1 aliphatic heterocycles. The van der Waals surface area contributed by atoms with E-state index in [9.17, 15) is 29.1 Å². The summed E-state index contributed by atoms with van der Waals surface area (Å²) in [6.45, 7) is 2.03. The van der Waals surface area contributed by atoms with E-state index in [1.54, 1.807) is 54.6 Å². The molecule has 12 nitrogen and oxygen atoms in total. The zero-order valence-electron chi connectivity index (χ0n) is 26.2. The van der Waals surface area contributed by atoms with Crippen LogP contribution in [0, 0.1) is 0 Å². The molecule has 1 aliphatic rings. The monoisotopic (exact) mass is 643 g/mol. The van der Waals surface area contributed by atoms with Crippen molar-refractivity contribution in [3.63, 3.8) is 0 Å². The van der Waals surface area contributed by atoms with Crippen LogP contribution in [0.25, 0.3) is 0 Å². The second-order valence-electron chi connectivity index (χ2n) is 11.5. The van der Waals surface area contributed by atoms with Crippen LogP contribution in [0.15, 0.2) is 91.0 Å². The van der Waals surface area contributed by atoms with Gasteiger partial charge in [-0.25, -0.2) is 4.79 Å². The first kappa shape index (κ1) is 34.6. The van der Waals surface area contributed by atoms with Gasteiger partial charge in [0, 0.05) is 6.54 Å². The Balaban J connectivity index is 1.47. The Morgan fingerprint density at radius 2 is 1.47 bits per heavy atom. The van der Waals surface area contributed by atoms with Crippen LogP contribution in [0.1, 0.15) is 48.9 Å². The van der Waals surface area contributed by atoms with Crippen molar-refractivity contribution < 1.29 is 33.8 Å². The molecule has 5 unspecified atom stereocenters. The van der Waals surface area contributed by atoms with Gasteiger partial charge in [0.15, 0.2) is 6.10 Å². The number of aliphatic hydroxyl groups is 1. The van der Waals surface area contributed by atoms with Crippen molar-refractivity contribution in [1.29, 1.82) is 0 Å². The zero-order valence-corrected chi connectivity index (χ0v) is 26.2. The van der Waals surface area contributed by atoms with E-state index < -0.39 is 54.5 Å². The number of alkyl carbamates (subject to hydrolysis) is 1. The number of aliphatic hydroxyl groups excluding tert-OH is 1. The maximum absolute atomic E-state index is 13.8. The Labute approximate surface area is 273 Å². The Bertz CT molecular complexity index is 1510. The van der Waals surface area contributed by atoms with Crippen LogP contribution in [0.2, 0.25) is 0 Å². The summed E-state index contributed by atoms with van der Waals surface area (Å²) >= 11 is 0. The zero-order chi connectivity index (χ0) is 33.8. The number of amides is 5. The van der Waals surface area contributed by atoms with Crippen LogP contribution in [0.3, 0.4) is 0 Å². The van der Waals surface area contributed by atoms with Crippen LogP contribution in [0.5, 0.6) is 0 Å². The van der Waals surface area contributed by atoms with Gasteiger partial charge >= 0.3 is 6.09 Å². The maximum atomic E-state index is 13.8. The fourth-order valence-electron chi connectivity index (χ4n) is 5.49. The van der Waals surface area contributed by atoms with E-state index >= 15 is 0 Å². The molecule has 0 bridgehead atoms. The summed E-state index contributed by atoms with van der Waals surface area (Å²) in [5.74, 6) is -2.78. The summed E-state index contributed by atoms with van der Waals surface area (Å²) in [6.07, 6.45) is -2.25. The number of nitrogens with two attached hydrogens (primary N) is 1. The van der Waals surface area contributed by atoms with Crippen molar-refractivity contribution in [2.75, 3.05) is 6.54 Å². The summed E-state index contributed by atoms with van der Waals surface area (Å²) in [6, 6.07) is 23.5. The number of carbonyl (C=O) groups is 5. The molecule has 4 rings (SSSR count). The largest absolute Gasteiger partial charge is 0.445 e. The predicted molar refractivity (Wildman–Crippen MR) is 173 cm³/mol. The van der Waals surface area contributed by atoms with Crippen LogP contribution in [-0.2, 0) is 36.9 Å². The Kier molecular flexibility index (Phi) is 12.5. The number of benzene rings is 3. The van der Waals surface area contributed by atoms with Crippen molar-refractivity contribution in [1.82, 2.24) is 20.9 Å². The molecule has 3 aromatic carbocycles. The van der Waals surface area contributed by atoms with Gasteiger partial charge in [0.2, 0.25) is 17.7 Å². The van der Waals surface area contributed by atoms with E-state index in [0.717, 1.165) is 5.56 Å². The number of likely N-dealkylation sites (tertiary alicyclic amines) is 1. The standard InChI is InChI=1S/C35H41N5O7/c1-23(26-16-9-4-10-17-26)37-33(44)29-18-11-19-40(29)34(45)31(42)27(20-24-12-5-2-6-13-24)38-32(43)28(21-30(36)41)39-35(46)47-22-25-14-7-3-8-15-25/h2-10,12-17,23,27-29,31,42H,11,18-22H2,1H3,(H2,36,41)(H,37,44)(H,38,43)(H,39,46). The first-order valence-corrected chi connectivity index (χ1v) is 15.6. The quantitative estimate of drug-likeness (QED) is 0.178. The average molecular weight is 644 g/mol. The van der Waals surface area contributed by atoms with E-state index in [2.05, 4.69) is 16.0 Å².